The fourth-order valence-corrected chi connectivity index (χ4v) is 4.53. The van der Waals surface area contributed by atoms with E-state index in [0.717, 1.165) is 20.5 Å². The summed E-state index contributed by atoms with van der Waals surface area (Å²) in [4.78, 5) is 1.14. The highest BCUT2D eigenvalue weighted by Crippen LogP contribution is 2.68. The van der Waals surface area contributed by atoms with Crippen molar-refractivity contribution in [3.63, 3.8) is 0 Å². The number of rotatable bonds is 4. The van der Waals surface area contributed by atoms with E-state index in [0.29, 0.717) is 0 Å². The number of halogens is 3. The van der Waals surface area contributed by atoms with Crippen LogP contribution in [0.1, 0.15) is 24.6 Å². The molecule has 0 aliphatic heterocycles. The van der Waals surface area contributed by atoms with Gasteiger partial charge in [0.2, 0.25) is 0 Å². The monoisotopic (exact) mass is 336 g/mol. The number of allylic oxidation sites excluding steroid dienone is 4. The fourth-order valence-electron chi connectivity index (χ4n) is 2.16. The molecular weight excluding hydrogens is 323 g/mol. The lowest BCUT2D eigenvalue weighted by Gasteiger charge is -1.99. The molecule has 1 aliphatic carbocycles. The lowest BCUT2D eigenvalue weighted by molar-refractivity contribution is 0.293. The first-order chi connectivity index (χ1) is 8.87. The molecule has 1 heterocycles. The Kier molecular flexibility index (Phi) is 4.56. The lowest BCUT2D eigenvalue weighted by Crippen LogP contribution is -1.91. The Hall–Kier alpha value is -0.150. The molecule has 0 radical (unpaired) electrons. The summed E-state index contributed by atoms with van der Waals surface area (Å²) in [5.74, 6) is 1.11. The van der Waals surface area contributed by atoms with Gasteiger partial charge in [-0.1, -0.05) is 23.3 Å². The molecule has 0 aromatic carbocycles. The summed E-state index contributed by atoms with van der Waals surface area (Å²) in [6.45, 7) is 3.95. The van der Waals surface area contributed by atoms with Crippen LogP contribution in [0, 0.1) is 5.92 Å². The van der Waals surface area contributed by atoms with Crippen LogP contribution in [0.2, 0.25) is 4.34 Å². The molecule has 1 aromatic heterocycles. The SMILES string of the molecule is CO/C(C)=C/C=C(\C)C1C(c2ccc(Cl)s2)C1(Cl)Cl. The summed E-state index contributed by atoms with van der Waals surface area (Å²) >= 11 is 20.3. The molecule has 0 bridgehead atoms. The smallest absolute Gasteiger partial charge is 0.133 e. The molecule has 2 atom stereocenters. The van der Waals surface area contributed by atoms with E-state index < -0.39 is 4.33 Å². The van der Waals surface area contributed by atoms with Gasteiger partial charge in [0.05, 0.1) is 17.2 Å². The molecule has 1 nitrogen and oxygen atoms in total. The molecule has 0 saturated heterocycles. The molecule has 0 amide bonds. The highest BCUT2D eigenvalue weighted by Gasteiger charge is 2.64. The van der Waals surface area contributed by atoms with Gasteiger partial charge in [-0.05, 0) is 32.1 Å². The van der Waals surface area contributed by atoms with E-state index in [1.54, 1.807) is 7.11 Å². The molecule has 5 heteroatoms. The van der Waals surface area contributed by atoms with Crippen LogP contribution in [-0.2, 0) is 4.74 Å². The van der Waals surface area contributed by atoms with Crippen LogP contribution in [0.5, 0.6) is 0 Å². The maximum absolute atomic E-state index is 6.40. The maximum atomic E-state index is 6.40. The number of hydrogen-bond donors (Lipinski definition) is 0. The number of alkyl halides is 2. The molecule has 1 aromatic rings. The van der Waals surface area contributed by atoms with Gasteiger partial charge in [-0.2, -0.15) is 0 Å². The summed E-state index contributed by atoms with van der Waals surface area (Å²) in [6, 6.07) is 3.88. The van der Waals surface area contributed by atoms with E-state index in [9.17, 15) is 0 Å². The van der Waals surface area contributed by atoms with Crippen LogP contribution in [0.25, 0.3) is 0 Å². The van der Waals surface area contributed by atoms with Gasteiger partial charge in [-0.3, -0.25) is 0 Å². The van der Waals surface area contributed by atoms with Gasteiger partial charge in [0.25, 0.3) is 0 Å². The number of thiophene rings is 1. The molecule has 0 N–H and O–H groups in total. The zero-order valence-corrected chi connectivity index (χ0v) is 14.0. The quantitative estimate of drug-likeness (QED) is 0.384. The Balaban J connectivity index is 2.18. The van der Waals surface area contributed by atoms with E-state index in [1.807, 2.05) is 38.1 Å². The van der Waals surface area contributed by atoms with Crippen LogP contribution in [0.15, 0.2) is 35.6 Å². The van der Waals surface area contributed by atoms with Crippen molar-refractivity contribution in [3.05, 3.63) is 44.8 Å². The Labute approximate surface area is 132 Å². The van der Waals surface area contributed by atoms with E-state index in [2.05, 4.69) is 0 Å². The third kappa shape index (κ3) is 3.13. The van der Waals surface area contributed by atoms with Crippen molar-refractivity contribution in [2.75, 3.05) is 7.11 Å². The zero-order valence-electron chi connectivity index (χ0n) is 10.9. The summed E-state index contributed by atoms with van der Waals surface area (Å²) in [5, 5.41) is 0. The van der Waals surface area contributed by atoms with Crippen molar-refractivity contribution in [1.29, 1.82) is 0 Å². The molecule has 2 rings (SSSR count). The predicted octanol–water partition coefficient (Wildman–Crippen LogP) is 5.79. The average Bonchev–Trinajstić information content (AvgIpc) is 2.69. The summed E-state index contributed by atoms with van der Waals surface area (Å²) in [7, 11) is 1.65. The second-order valence-electron chi connectivity index (χ2n) is 4.66. The van der Waals surface area contributed by atoms with E-state index in [1.165, 1.54) is 11.3 Å². The normalized spacial score (nSPS) is 26.4. The molecule has 1 fully saturated rings. The van der Waals surface area contributed by atoms with Gasteiger partial charge in [0.15, 0.2) is 0 Å². The molecule has 104 valence electrons. The second kappa shape index (κ2) is 5.69. The van der Waals surface area contributed by atoms with Crippen LogP contribution in [0.3, 0.4) is 0 Å². The Morgan fingerprint density at radius 1 is 1.32 bits per heavy atom. The molecule has 0 spiro atoms. The minimum atomic E-state index is -0.733. The number of hydrogen-bond acceptors (Lipinski definition) is 2. The van der Waals surface area contributed by atoms with E-state index >= 15 is 0 Å². The topological polar surface area (TPSA) is 9.23 Å². The van der Waals surface area contributed by atoms with Gasteiger partial charge in [0.1, 0.15) is 4.33 Å². The highest BCUT2D eigenvalue weighted by molar-refractivity contribution is 7.16. The van der Waals surface area contributed by atoms with E-state index in [4.69, 9.17) is 39.5 Å². The van der Waals surface area contributed by atoms with Crippen molar-refractivity contribution in [2.24, 2.45) is 5.92 Å². The van der Waals surface area contributed by atoms with Crippen molar-refractivity contribution in [1.82, 2.24) is 0 Å². The lowest BCUT2D eigenvalue weighted by atomic mass is 10.1. The van der Waals surface area contributed by atoms with Crippen LogP contribution in [-0.4, -0.2) is 11.4 Å². The Morgan fingerprint density at radius 2 is 2.00 bits per heavy atom. The van der Waals surface area contributed by atoms with Gasteiger partial charge >= 0.3 is 0 Å². The summed E-state index contributed by atoms with van der Waals surface area (Å²) in [6.07, 6.45) is 3.94. The fraction of sp³-hybridized carbons (Fsp3) is 0.429. The largest absolute Gasteiger partial charge is 0.501 e. The first-order valence-corrected chi connectivity index (χ1v) is 7.85. The minimum Gasteiger partial charge on any atom is -0.501 e. The molecule has 2 unspecified atom stereocenters. The maximum Gasteiger partial charge on any atom is 0.133 e. The number of ether oxygens (including phenoxy) is 1. The average molecular weight is 338 g/mol. The highest BCUT2D eigenvalue weighted by atomic mass is 35.5. The Morgan fingerprint density at radius 3 is 2.53 bits per heavy atom. The minimum absolute atomic E-state index is 0.126. The summed E-state index contributed by atoms with van der Waals surface area (Å²) in [5.41, 5.74) is 1.15. The van der Waals surface area contributed by atoms with Gasteiger partial charge in [-0.25, -0.2) is 0 Å². The zero-order chi connectivity index (χ0) is 14.2. The van der Waals surface area contributed by atoms with Gasteiger partial charge in [0, 0.05) is 16.7 Å². The van der Waals surface area contributed by atoms with Crippen molar-refractivity contribution < 1.29 is 4.74 Å². The number of methoxy groups -OCH3 is 1. The van der Waals surface area contributed by atoms with Crippen molar-refractivity contribution in [3.8, 4) is 0 Å². The summed E-state index contributed by atoms with van der Waals surface area (Å²) < 4.78 is 5.14. The second-order valence-corrected chi connectivity index (χ2v) is 7.85. The van der Waals surface area contributed by atoms with Crippen LogP contribution < -0.4 is 0 Å². The van der Waals surface area contributed by atoms with Crippen molar-refractivity contribution >= 4 is 46.1 Å². The van der Waals surface area contributed by atoms with Gasteiger partial charge in [-0.15, -0.1) is 34.5 Å². The molecule has 1 aliphatic rings. The molecule has 1 saturated carbocycles. The predicted molar refractivity (Wildman–Crippen MR) is 84.5 cm³/mol. The Bertz CT molecular complexity index is 531. The molecule has 19 heavy (non-hydrogen) atoms. The van der Waals surface area contributed by atoms with Crippen LogP contribution in [0.4, 0.5) is 0 Å². The van der Waals surface area contributed by atoms with Crippen molar-refractivity contribution in [2.45, 2.75) is 24.1 Å². The van der Waals surface area contributed by atoms with Gasteiger partial charge < -0.3 is 4.74 Å². The first-order valence-electron chi connectivity index (χ1n) is 5.90. The third-order valence-corrected chi connectivity index (χ3v) is 5.60. The van der Waals surface area contributed by atoms with Crippen LogP contribution >= 0.6 is 46.1 Å². The van der Waals surface area contributed by atoms with E-state index in [-0.39, 0.29) is 11.8 Å². The third-order valence-electron chi connectivity index (χ3n) is 3.35. The first kappa shape index (κ1) is 15.2. The standard InChI is InChI=1S/C14H15Cl3OS/c1-8(4-5-9(2)18-3)12-13(14(12,16)17)10-6-7-11(15)19-10/h4-7,12-13H,1-3H3/b8-4+,9-5+. The molecular formula is C14H15Cl3OS.